The maximum Gasteiger partial charge on any atom is 0.340 e. The summed E-state index contributed by atoms with van der Waals surface area (Å²) in [6, 6.07) is 1.36. The molecule has 1 aromatic carbocycles. The maximum atomic E-state index is 14.3. The number of hydrogen-bond donors (Lipinski definition) is 1. The number of methoxy groups -OCH3 is 1. The number of halogens is 3. The van der Waals surface area contributed by atoms with Gasteiger partial charge in [-0.05, 0) is 51.5 Å². The lowest BCUT2D eigenvalue weighted by Crippen LogP contribution is -2.21. The zero-order valence-electron chi connectivity index (χ0n) is 11.7. The van der Waals surface area contributed by atoms with Crippen molar-refractivity contribution in [3.63, 3.8) is 0 Å². The number of benzene rings is 1. The second-order valence-corrected chi connectivity index (χ2v) is 5.89. The molecule has 0 spiro atoms. The first kappa shape index (κ1) is 18.8. The molecule has 120 valence electrons. The number of hydrogen-bond acceptors (Lipinski definition) is 5. The molecule has 1 N–H and O–H groups in total. The third kappa shape index (κ3) is 4.63. The van der Waals surface area contributed by atoms with Gasteiger partial charge in [0.25, 0.3) is 0 Å². The lowest BCUT2D eigenvalue weighted by atomic mass is 10.1. The van der Waals surface area contributed by atoms with E-state index in [0.717, 1.165) is 7.11 Å². The molecule has 0 unspecified atom stereocenters. The lowest BCUT2D eigenvalue weighted by molar-refractivity contribution is -0.145. The van der Waals surface area contributed by atoms with E-state index in [1.807, 2.05) is 22.6 Å². The molecule has 0 aliphatic rings. The fraction of sp³-hybridized carbons (Fsp3) is 0.308. The highest BCUT2D eigenvalue weighted by Gasteiger charge is 2.23. The predicted molar refractivity (Wildman–Crippen MR) is 88.0 cm³/mol. The Labute approximate surface area is 148 Å². The molecule has 1 aromatic rings. The Morgan fingerprint density at radius 1 is 1.41 bits per heavy atom. The molecule has 22 heavy (non-hydrogen) atoms. The van der Waals surface area contributed by atoms with Crippen LogP contribution in [0.1, 0.15) is 23.7 Å². The Bertz CT molecular complexity index is 623. The predicted octanol–water partition coefficient (Wildman–Crippen LogP) is 2.87. The molecule has 0 aliphatic heterocycles. The Balaban J connectivity index is 3.12. The molecule has 9 heteroatoms. The number of amides is 1. The first-order chi connectivity index (χ1) is 10.3. The number of carbonyl (C=O) groups excluding carboxylic acids is 3. The molecule has 1 amide bonds. The summed E-state index contributed by atoms with van der Waals surface area (Å²) >= 11 is 4.85. The van der Waals surface area contributed by atoms with Crippen molar-refractivity contribution in [1.29, 1.82) is 0 Å². The standard InChI is InChI=1S/C13H12BrFINO5/c1-3-22-9(19)5-8(18)17-12-6(13(20)21-2)4-7(16)10(14)11(12)15/h4H,3,5H2,1-2H3,(H,17,18). The Hall–Kier alpha value is -1.23. The average Bonchev–Trinajstić information content (AvgIpc) is 2.47. The molecule has 0 aliphatic carbocycles. The second-order valence-electron chi connectivity index (χ2n) is 3.93. The normalized spacial score (nSPS) is 10.0. The van der Waals surface area contributed by atoms with E-state index in [4.69, 9.17) is 0 Å². The van der Waals surface area contributed by atoms with Crippen LogP contribution in [-0.2, 0) is 19.1 Å². The Morgan fingerprint density at radius 2 is 2.05 bits per heavy atom. The third-order valence-electron chi connectivity index (χ3n) is 2.44. The van der Waals surface area contributed by atoms with Crippen LogP contribution >= 0.6 is 38.5 Å². The van der Waals surface area contributed by atoms with Crippen LogP contribution in [-0.4, -0.2) is 31.6 Å². The van der Waals surface area contributed by atoms with Gasteiger partial charge in [-0.2, -0.15) is 0 Å². The van der Waals surface area contributed by atoms with Crippen LogP contribution in [0, 0.1) is 9.39 Å². The van der Waals surface area contributed by atoms with Gasteiger partial charge >= 0.3 is 11.9 Å². The number of rotatable bonds is 5. The van der Waals surface area contributed by atoms with E-state index in [2.05, 4.69) is 30.7 Å². The van der Waals surface area contributed by atoms with Gasteiger partial charge < -0.3 is 14.8 Å². The van der Waals surface area contributed by atoms with Crippen molar-refractivity contribution in [3.05, 3.63) is 25.5 Å². The summed E-state index contributed by atoms with van der Waals surface area (Å²) < 4.78 is 24.0. The molecular weight excluding hydrogens is 476 g/mol. The summed E-state index contributed by atoms with van der Waals surface area (Å²) in [5, 5.41) is 2.20. The number of carbonyl (C=O) groups is 3. The maximum absolute atomic E-state index is 14.3. The van der Waals surface area contributed by atoms with E-state index in [0.29, 0.717) is 3.57 Å². The fourth-order valence-electron chi connectivity index (χ4n) is 1.51. The summed E-state index contributed by atoms with van der Waals surface area (Å²) in [5.74, 6) is -3.18. The minimum atomic E-state index is -0.829. The van der Waals surface area contributed by atoms with E-state index in [1.54, 1.807) is 6.92 Å². The summed E-state index contributed by atoms with van der Waals surface area (Å²) in [4.78, 5) is 34.7. The number of ether oxygens (including phenoxy) is 2. The van der Waals surface area contributed by atoms with Crippen molar-refractivity contribution in [2.45, 2.75) is 13.3 Å². The largest absolute Gasteiger partial charge is 0.466 e. The quantitative estimate of drug-likeness (QED) is 0.299. The van der Waals surface area contributed by atoms with Crippen molar-refractivity contribution in [3.8, 4) is 0 Å². The Morgan fingerprint density at radius 3 is 2.59 bits per heavy atom. The first-order valence-electron chi connectivity index (χ1n) is 6.03. The summed E-state index contributed by atoms with van der Waals surface area (Å²) in [5.41, 5.74) is -0.502. The van der Waals surface area contributed by atoms with Crippen molar-refractivity contribution in [2.75, 3.05) is 19.0 Å². The average molecular weight is 488 g/mol. The highest BCUT2D eigenvalue weighted by molar-refractivity contribution is 14.1. The summed E-state index contributed by atoms with van der Waals surface area (Å²) in [7, 11) is 1.14. The van der Waals surface area contributed by atoms with Gasteiger partial charge in [-0.15, -0.1) is 0 Å². The van der Waals surface area contributed by atoms with Gasteiger partial charge in [0, 0.05) is 3.57 Å². The molecule has 0 atom stereocenters. The van der Waals surface area contributed by atoms with Crippen LogP contribution in [0.25, 0.3) is 0 Å². The van der Waals surface area contributed by atoms with Crippen molar-refractivity contribution >= 4 is 62.1 Å². The molecule has 0 saturated carbocycles. The van der Waals surface area contributed by atoms with E-state index in [-0.39, 0.29) is 22.3 Å². The van der Waals surface area contributed by atoms with Crippen LogP contribution in [0.4, 0.5) is 10.1 Å². The minimum Gasteiger partial charge on any atom is -0.466 e. The van der Waals surface area contributed by atoms with Crippen LogP contribution in [0.2, 0.25) is 0 Å². The van der Waals surface area contributed by atoms with E-state index >= 15 is 0 Å². The molecule has 0 aromatic heterocycles. The van der Waals surface area contributed by atoms with Gasteiger partial charge in [0.05, 0.1) is 29.4 Å². The lowest BCUT2D eigenvalue weighted by Gasteiger charge is -2.13. The number of anilines is 1. The van der Waals surface area contributed by atoms with E-state index < -0.39 is 30.1 Å². The van der Waals surface area contributed by atoms with Crippen molar-refractivity contribution in [2.24, 2.45) is 0 Å². The fourth-order valence-corrected chi connectivity index (χ4v) is 2.38. The van der Waals surface area contributed by atoms with Crippen LogP contribution in [0.3, 0.4) is 0 Å². The number of nitrogens with one attached hydrogen (secondary N) is 1. The molecular formula is C13H12BrFINO5. The minimum absolute atomic E-state index is 0.0900. The molecule has 0 bridgehead atoms. The number of esters is 2. The smallest absolute Gasteiger partial charge is 0.340 e. The molecule has 6 nitrogen and oxygen atoms in total. The van der Waals surface area contributed by atoms with Gasteiger partial charge in [0.15, 0.2) is 5.82 Å². The topological polar surface area (TPSA) is 81.7 Å². The molecule has 0 heterocycles. The van der Waals surface area contributed by atoms with Crippen molar-refractivity contribution in [1.82, 2.24) is 0 Å². The Kier molecular flexibility index (Phi) is 7.20. The zero-order valence-corrected chi connectivity index (χ0v) is 15.4. The highest BCUT2D eigenvalue weighted by atomic mass is 127. The van der Waals surface area contributed by atoms with Gasteiger partial charge in [0.2, 0.25) is 5.91 Å². The van der Waals surface area contributed by atoms with Crippen molar-refractivity contribution < 1.29 is 28.2 Å². The zero-order chi connectivity index (χ0) is 16.9. The molecule has 0 radical (unpaired) electrons. The first-order valence-corrected chi connectivity index (χ1v) is 7.90. The molecule has 1 rings (SSSR count). The van der Waals surface area contributed by atoms with Gasteiger partial charge in [-0.1, -0.05) is 0 Å². The third-order valence-corrected chi connectivity index (χ3v) is 4.81. The second kappa shape index (κ2) is 8.42. The molecule has 0 saturated heterocycles. The van der Waals surface area contributed by atoms with Crippen LogP contribution in [0.15, 0.2) is 10.5 Å². The van der Waals surface area contributed by atoms with E-state index in [1.165, 1.54) is 6.07 Å². The van der Waals surface area contributed by atoms with E-state index in [9.17, 15) is 18.8 Å². The van der Waals surface area contributed by atoms with Gasteiger partial charge in [-0.25, -0.2) is 9.18 Å². The van der Waals surface area contributed by atoms with Gasteiger partial charge in [-0.3, -0.25) is 9.59 Å². The van der Waals surface area contributed by atoms with Gasteiger partial charge in [0.1, 0.15) is 6.42 Å². The molecule has 0 fully saturated rings. The summed E-state index contributed by atoms with van der Waals surface area (Å²) in [6.07, 6.45) is -0.586. The summed E-state index contributed by atoms with van der Waals surface area (Å²) in [6.45, 7) is 1.73. The van der Waals surface area contributed by atoms with Crippen LogP contribution in [0.5, 0.6) is 0 Å². The van der Waals surface area contributed by atoms with Crippen LogP contribution < -0.4 is 5.32 Å². The monoisotopic (exact) mass is 487 g/mol. The SMILES string of the molecule is CCOC(=O)CC(=O)Nc1c(C(=O)OC)cc(I)c(Br)c1F. The highest BCUT2D eigenvalue weighted by Crippen LogP contribution is 2.32.